The zero-order chi connectivity index (χ0) is 21.4. The molecule has 5 heterocycles. The minimum Gasteiger partial charge on any atom is -0.415 e. The Labute approximate surface area is 175 Å². The third-order valence-corrected chi connectivity index (χ3v) is 11.2. The van der Waals surface area contributed by atoms with Crippen LogP contribution >= 0.6 is 0 Å². The number of aliphatic hydroxyl groups excluding tert-OH is 1. The summed E-state index contributed by atoms with van der Waals surface area (Å²) in [5, 5.41) is 17.9. The first-order chi connectivity index (χ1) is 14.1. The lowest BCUT2D eigenvalue weighted by molar-refractivity contribution is -0.0536. The molecule has 3 N–H and O–H groups in total. The van der Waals surface area contributed by atoms with E-state index in [9.17, 15) is 5.11 Å². The van der Waals surface area contributed by atoms with E-state index in [1.807, 2.05) is 26.2 Å². The molecule has 2 saturated heterocycles. The highest BCUT2D eigenvalue weighted by atomic mass is 28.5. The molecule has 2 aromatic rings. The average molecular weight is 451 g/mol. The number of fused-ring (bicyclic) bond motifs is 1. The molecule has 1 unspecified atom stereocenters. The van der Waals surface area contributed by atoms with Gasteiger partial charge >= 0.3 is 17.1 Å². The van der Waals surface area contributed by atoms with Crippen LogP contribution in [0.5, 0.6) is 0 Å². The van der Waals surface area contributed by atoms with Crippen LogP contribution in [0.2, 0.25) is 26.2 Å². The Morgan fingerprint density at radius 3 is 2.73 bits per heavy atom. The second-order valence-corrected chi connectivity index (χ2v) is 15.6. The van der Waals surface area contributed by atoms with Gasteiger partial charge in [-0.2, -0.15) is 5.10 Å². The molecule has 0 saturated carbocycles. The number of nitrogens with two attached hydrogens (primary N) is 1. The maximum atomic E-state index is 11.2. The van der Waals surface area contributed by atoms with Crippen molar-refractivity contribution >= 4 is 39.8 Å². The number of hydrazone groups is 1. The van der Waals surface area contributed by atoms with Gasteiger partial charge in [0.15, 0.2) is 17.9 Å². The van der Waals surface area contributed by atoms with Crippen LogP contribution in [0, 0.1) is 0 Å². The third kappa shape index (κ3) is 3.08. The Kier molecular flexibility index (Phi) is 4.38. The molecule has 0 aromatic carbocycles. The molecule has 0 spiro atoms. The maximum Gasteiger partial charge on any atom is 0.323 e. The standard InChI is InChI=1S/C17H26N6O5Si2/c1-22-15-11-9(14(18)21-22)6-23(16(11)20-8-19-15)17-12(24)13-10(26-17)7-25-29(2,3)28-30(4,5)27-13/h6,8,10,12-13,17,24H,7H2,1-5H3,(H2,18,21)/t10-,12-,13?,17+/m0/s1. The van der Waals surface area contributed by atoms with Crippen molar-refractivity contribution in [3.63, 3.8) is 0 Å². The molecule has 4 atom stereocenters. The monoisotopic (exact) mass is 450 g/mol. The first-order valence-electron chi connectivity index (χ1n) is 9.85. The summed E-state index contributed by atoms with van der Waals surface area (Å²) >= 11 is 0. The first kappa shape index (κ1) is 20.1. The minimum absolute atomic E-state index is 0.292. The highest BCUT2D eigenvalue weighted by molar-refractivity contribution is 6.78. The molecular weight excluding hydrogens is 424 g/mol. The summed E-state index contributed by atoms with van der Waals surface area (Å²) in [6.45, 7) is 8.21. The lowest BCUT2D eigenvalue weighted by Gasteiger charge is -2.39. The normalized spacial score (nSPS) is 32.5. The number of anilines is 1. The van der Waals surface area contributed by atoms with Crippen molar-refractivity contribution in [1.29, 1.82) is 0 Å². The Hall–Kier alpha value is -1.88. The van der Waals surface area contributed by atoms with E-state index < -0.39 is 41.7 Å². The highest BCUT2D eigenvalue weighted by Crippen LogP contribution is 2.40. The predicted molar refractivity (Wildman–Crippen MR) is 113 cm³/mol. The van der Waals surface area contributed by atoms with Crippen molar-refractivity contribution in [1.82, 2.24) is 14.5 Å². The van der Waals surface area contributed by atoms with Gasteiger partial charge in [-0.15, -0.1) is 0 Å². The van der Waals surface area contributed by atoms with Crippen LogP contribution in [-0.4, -0.2) is 74.6 Å². The smallest absolute Gasteiger partial charge is 0.323 e. The van der Waals surface area contributed by atoms with Crippen molar-refractivity contribution in [3.05, 3.63) is 18.1 Å². The molecule has 0 radical (unpaired) electrons. The number of nitrogens with zero attached hydrogens (tertiary/aromatic N) is 5. The summed E-state index contributed by atoms with van der Waals surface area (Å²) in [5.74, 6) is 1.01. The summed E-state index contributed by atoms with van der Waals surface area (Å²) < 4.78 is 26.7. The second-order valence-electron chi connectivity index (χ2n) is 8.71. The van der Waals surface area contributed by atoms with Gasteiger partial charge in [-0.25, -0.2) is 15.0 Å². The maximum absolute atomic E-state index is 11.2. The van der Waals surface area contributed by atoms with Gasteiger partial charge < -0.3 is 33.1 Å². The molecule has 3 aliphatic rings. The van der Waals surface area contributed by atoms with E-state index in [-0.39, 0.29) is 0 Å². The Morgan fingerprint density at radius 2 is 1.97 bits per heavy atom. The van der Waals surface area contributed by atoms with E-state index in [4.69, 9.17) is 23.4 Å². The van der Waals surface area contributed by atoms with Gasteiger partial charge in [0.05, 0.1) is 12.0 Å². The molecule has 0 bridgehead atoms. The van der Waals surface area contributed by atoms with E-state index in [0.717, 1.165) is 5.39 Å². The molecule has 0 aliphatic carbocycles. The topological polar surface area (TPSA) is 129 Å². The molecule has 162 valence electrons. The van der Waals surface area contributed by atoms with Crippen LogP contribution in [0.3, 0.4) is 0 Å². The van der Waals surface area contributed by atoms with Gasteiger partial charge in [0.2, 0.25) is 0 Å². The molecule has 5 rings (SSSR count). The second kappa shape index (κ2) is 6.56. The quantitative estimate of drug-likeness (QED) is 0.600. The van der Waals surface area contributed by atoms with Crippen molar-refractivity contribution in [2.45, 2.75) is 50.7 Å². The number of ether oxygens (including phenoxy) is 1. The van der Waals surface area contributed by atoms with Crippen molar-refractivity contribution in [3.8, 4) is 0 Å². The summed E-state index contributed by atoms with van der Waals surface area (Å²) in [5.41, 5.74) is 7.47. The Balaban J connectivity index is 1.56. The van der Waals surface area contributed by atoms with E-state index >= 15 is 0 Å². The molecule has 11 nitrogen and oxygen atoms in total. The molecule has 30 heavy (non-hydrogen) atoms. The summed E-state index contributed by atoms with van der Waals surface area (Å²) in [6.07, 6.45) is 0.631. The van der Waals surface area contributed by atoms with Crippen LogP contribution in [-0.2, 0) is 17.7 Å². The van der Waals surface area contributed by atoms with Gasteiger partial charge in [0.1, 0.15) is 30.3 Å². The fourth-order valence-electron chi connectivity index (χ4n) is 4.45. The number of aliphatic hydroxyl groups is 1. The minimum atomic E-state index is -2.53. The zero-order valence-electron chi connectivity index (χ0n) is 17.6. The molecule has 3 aliphatic heterocycles. The van der Waals surface area contributed by atoms with Crippen LogP contribution in [0.25, 0.3) is 11.0 Å². The average Bonchev–Trinajstić information content (AvgIpc) is 3.16. The van der Waals surface area contributed by atoms with Crippen molar-refractivity contribution in [2.24, 2.45) is 10.8 Å². The van der Waals surface area contributed by atoms with Crippen molar-refractivity contribution in [2.75, 3.05) is 18.7 Å². The van der Waals surface area contributed by atoms with E-state index in [2.05, 4.69) is 15.1 Å². The van der Waals surface area contributed by atoms with Crippen molar-refractivity contribution < 1.29 is 22.8 Å². The fourth-order valence-corrected chi connectivity index (χ4v) is 11.1. The predicted octanol–water partition coefficient (Wildman–Crippen LogP) is 0.595. The lowest BCUT2D eigenvalue weighted by atomic mass is 10.1. The van der Waals surface area contributed by atoms with Gasteiger partial charge in [0.25, 0.3) is 0 Å². The van der Waals surface area contributed by atoms with Gasteiger partial charge in [0, 0.05) is 18.8 Å². The fraction of sp³-hybridized carbons (Fsp3) is 0.588. The molecular formula is C17H26N6O5Si2. The van der Waals surface area contributed by atoms with Gasteiger partial charge in [-0.05, 0) is 26.2 Å². The van der Waals surface area contributed by atoms with Crippen LogP contribution in [0.1, 0.15) is 11.8 Å². The number of hydrogen-bond donors (Lipinski definition) is 2. The van der Waals surface area contributed by atoms with Gasteiger partial charge in [-0.1, -0.05) is 0 Å². The number of amidine groups is 1. The Morgan fingerprint density at radius 1 is 1.20 bits per heavy atom. The summed E-state index contributed by atoms with van der Waals surface area (Å²) in [6, 6.07) is 0. The Bertz CT molecular complexity index is 1040. The molecule has 2 aromatic heterocycles. The van der Waals surface area contributed by atoms with E-state index in [1.54, 1.807) is 22.8 Å². The summed E-state index contributed by atoms with van der Waals surface area (Å²) in [4.78, 5) is 8.77. The molecule has 0 amide bonds. The number of aromatic nitrogens is 3. The number of hydrogen-bond acceptors (Lipinski definition) is 10. The SMILES string of the molecule is CN1N=C(N)c2cn([C@@H]3O[C@H]4CO[Si](C)(C)O[Si](C)(C)OC4[C@@H]3O)c3ncnc1c23. The van der Waals surface area contributed by atoms with Gasteiger partial charge in [-0.3, -0.25) is 0 Å². The number of rotatable bonds is 1. The third-order valence-electron chi connectivity index (χ3n) is 5.52. The van der Waals surface area contributed by atoms with E-state index in [1.165, 1.54) is 6.33 Å². The lowest BCUT2D eigenvalue weighted by Crippen LogP contribution is -2.56. The largest absolute Gasteiger partial charge is 0.415 e. The molecule has 13 heteroatoms. The summed E-state index contributed by atoms with van der Waals surface area (Å²) in [7, 11) is -3.09. The first-order valence-corrected chi connectivity index (χ1v) is 15.5. The van der Waals surface area contributed by atoms with Crippen LogP contribution in [0.15, 0.2) is 17.6 Å². The van der Waals surface area contributed by atoms with E-state index in [0.29, 0.717) is 29.5 Å². The zero-order valence-corrected chi connectivity index (χ0v) is 19.6. The molecule has 2 fully saturated rings. The van der Waals surface area contributed by atoms with Crippen LogP contribution in [0.4, 0.5) is 5.82 Å². The highest BCUT2D eigenvalue weighted by Gasteiger charge is 2.52. The van der Waals surface area contributed by atoms with Crippen LogP contribution < -0.4 is 10.7 Å².